The number of rotatable bonds is 2. The van der Waals surface area contributed by atoms with E-state index in [-0.39, 0.29) is 0 Å². The Morgan fingerprint density at radius 1 is 1.27 bits per heavy atom. The zero-order valence-corrected chi connectivity index (χ0v) is 8.30. The fraction of sp³-hybridized carbons (Fsp3) is 0.273. The molecule has 4 nitrogen and oxygen atoms in total. The van der Waals surface area contributed by atoms with Crippen LogP contribution >= 0.6 is 0 Å². The molecule has 0 aliphatic heterocycles. The third-order valence-corrected chi connectivity index (χ3v) is 2.71. The van der Waals surface area contributed by atoms with Crippen LogP contribution in [0.4, 0.5) is 5.82 Å². The summed E-state index contributed by atoms with van der Waals surface area (Å²) in [6, 6.07) is 3.78. The van der Waals surface area contributed by atoms with Crippen molar-refractivity contribution in [3.8, 4) is 5.69 Å². The minimum Gasteiger partial charge on any atom is -0.384 e. The molecule has 3 rings (SSSR count). The predicted octanol–water partition coefficient (Wildman–Crippen LogP) is 1.73. The molecule has 0 radical (unpaired) electrons. The van der Waals surface area contributed by atoms with Crippen molar-refractivity contribution in [3.63, 3.8) is 0 Å². The number of pyridine rings is 1. The van der Waals surface area contributed by atoms with Gasteiger partial charge in [-0.3, -0.25) is 0 Å². The lowest BCUT2D eigenvalue weighted by atomic mass is 10.3. The first-order valence-corrected chi connectivity index (χ1v) is 5.09. The van der Waals surface area contributed by atoms with Gasteiger partial charge in [0.15, 0.2) is 0 Å². The summed E-state index contributed by atoms with van der Waals surface area (Å²) in [6.07, 6.45) is 8.10. The van der Waals surface area contributed by atoms with Crippen molar-refractivity contribution in [1.82, 2.24) is 14.5 Å². The normalized spacial score (nSPS) is 15.5. The van der Waals surface area contributed by atoms with Crippen LogP contribution in [0.15, 0.2) is 30.9 Å². The van der Waals surface area contributed by atoms with E-state index in [4.69, 9.17) is 5.73 Å². The zero-order valence-electron chi connectivity index (χ0n) is 8.30. The minimum absolute atomic E-state index is 0.548. The Balaban J connectivity index is 2.04. The van der Waals surface area contributed by atoms with Crippen LogP contribution in [0.25, 0.3) is 5.69 Å². The second kappa shape index (κ2) is 3.08. The van der Waals surface area contributed by atoms with Gasteiger partial charge in [0.25, 0.3) is 0 Å². The number of hydrogen-bond donors (Lipinski definition) is 1. The third kappa shape index (κ3) is 1.48. The van der Waals surface area contributed by atoms with Gasteiger partial charge < -0.3 is 10.3 Å². The molecular formula is C11H12N4. The van der Waals surface area contributed by atoms with Crippen LogP contribution in [0.2, 0.25) is 0 Å². The van der Waals surface area contributed by atoms with Crippen molar-refractivity contribution in [2.24, 2.45) is 0 Å². The molecule has 4 heteroatoms. The molecule has 2 N–H and O–H groups in total. The van der Waals surface area contributed by atoms with Crippen molar-refractivity contribution < 1.29 is 0 Å². The molecule has 1 aliphatic rings. The largest absolute Gasteiger partial charge is 0.384 e. The standard InChI is InChI=1S/C11H12N4/c12-11-4-3-9(5-14-11)15-7-13-6-10(15)8-1-2-8/h3-8H,1-2H2,(H2,12,14). The molecular weight excluding hydrogens is 188 g/mol. The van der Waals surface area contributed by atoms with E-state index in [1.54, 1.807) is 6.20 Å². The molecule has 0 atom stereocenters. The van der Waals surface area contributed by atoms with E-state index in [1.807, 2.05) is 24.7 Å². The smallest absolute Gasteiger partial charge is 0.123 e. The highest BCUT2D eigenvalue weighted by atomic mass is 15.1. The fourth-order valence-corrected chi connectivity index (χ4v) is 1.74. The van der Waals surface area contributed by atoms with Gasteiger partial charge in [0.05, 0.1) is 18.2 Å². The fourth-order valence-electron chi connectivity index (χ4n) is 1.74. The average Bonchev–Trinajstić information content (AvgIpc) is 2.98. The van der Waals surface area contributed by atoms with E-state index in [2.05, 4.69) is 14.5 Å². The van der Waals surface area contributed by atoms with Crippen LogP contribution in [0.3, 0.4) is 0 Å². The maximum Gasteiger partial charge on any atom is 0.123 e. The Hall–Kier alpha value is -1.84. The van der Waals surface area contributed by atoms with Gasteiger partial charge >= 0.3 is 0 Å². The first-order chi connectivity index (χ1) is 7.34. The summed E-state index contributed by atoms with van der Waals surface area (Å²) in [7, 11) is 0. The minimum atomic E-state index is 0.548. The molecule has 0 saturated heterocycles. The van der Waals surface area contributed by atoms with Crippen LogP contribution < -0.4 is 5.73 Å². The summed E-state index contributed by atoms with van der Waals surface area (Å²) in [4.78, 5) is 8.27. The second-order valence-corrected chi connectivity index (χ2v) is 3.90. The van der Waals surface area contributed by atoms with E-state index in [1.165, 1.54) is 18.5 Å². The first kappa shape index (κ1) is 8.47. The van der Waals surface area contributed by atoms with E-state index in [0.29, 0.717) is 11.7 Å². The number of nitrogens with two attached hydrogens (primary N) is 1. The number of imidazole rings is 1. The molecule has 76 valence electrons. The lowest BCUT2D eigenvalue weighted by Gasteiger charge is -2.06. The average molecular weight is 200 g/mol. The molecule has 1 saturated carbocycles. The molecule has 0 bridgehead atoms. The van der Waals surface area contributed by atoms with E-state index in [0.717, 1.165) is 5.69 Å². The molecule has 2 aromatic rings. The Morgan fingerprint density at radius 3 is 2.80 bits per heavy atom. The lowest BCUT2D eigenvalue weighted by molar-refractivity contribution is 0.919. The van der Waals surface area contributed by atoms with Gasteiger partial charge in [-0.25, -0.2) is 9.97 Å². The molecule has 0 amide bonds. The lowest BCUT2D eigenvalue weighted by Crippen LogP contribution is -1.99. The quantitative estimate of drug-likeness (QED) is 0.803. The van der Waals surface area contributed by atoms with Crippen molar-refractivity contribution >= 4 is 5.82 Å². The van der Waals surface area contributed by atoms with Crippen LogP contribution in [0.1, 0.15) is 24.5 Å². The molecule has 0 aromatic carbocycles. The van der Waals surface area contributed by atoms with Gasteiger partial charge in [-0.1, -0.05) is 0 Å². The maximum atomic E-state index is 5.55. The molecule has 15 heavy (non-hydrogen) atoms. The number of anilines is 1. The van der Waals surface area contributed by atoms with Crippen LogP contribution in [-0.2, 0) is 0 Å². The zero-order chi connectivity index (χ0) is 10.3. The molecule has 0 spiro atoms. The highest BCUT2D eigenvalue weighted by molar-refractivity contribution is 5.39. The van der Waals surface area contributed by atoms with E-state index in [9.17, 15) is 0 Å². The Morgan fingerprint density at radius 2 is 2.13 bits per heavy atom. The van der Waals surface area contributed by atoms with Crippen LogP contribution in [-0.4, -0.2) is 14.5 Å². The summed E-state index contributed by atoms with van der Waals surface area (Å²) >= 11 is 0. The van der Waals surface area contributed by atoms with Gasteiger partial charge in [-0.05, 0) is 25.0 Å². The molecule has 1 fully saturated rings. The van der Waals surface area contributed by atoms with Crippen molar-refractivity contribution in [2.45, 2.75) is 18.8 Å². The van der Waals surface area contributed by atoms with Gasteiger partial charge in [-0.15, -0.1) is 0 Å². The van der Waals surface area contributed by atoms with Crippen LogP contribution in [0.5, 0.6) is 0 Å². The highest BCUT2D eigenvalue weighted by Crippen LogP contribution is 2.40. The monoisotopic (exact) mass is 200 g/mol. The van der Waals surface area contributed by atoms with Crippen molar-refractivity contribution in [3.05, 3.63) is 36.5 Å². The molecule has 2 heterocycles. The first-order valence-electron chi connectivity index (χ1n) is 5.09. The predicted molar refractivity (Wildman–Crippen MR) is 57.7 cm³/mol. The summed E-state index contributed by atoms with van der Waals surface area (Å²) in [5, 5.41) is 0. The molecule has 0 unspecified atom stereocenters. The summed E-state index contributed by atoms with van der Waals surface area (Å²) in [5.41, 5.74) is 7.86. The van der Waals surface area contributed by atoms with Gasteiger partial charge in [0.2, 0.25) is 0 Å². The summed E-state index contributed by atoms with van der Waals surface area (Å²) in [6.45, 7) is 0. The van der Waals surface area contributed by atoms with Crippen LogP contribution in [0, 0.1) is 0 Å². The highest BCUT2D eigenvalue weighted by Gasteiger charge is 2.27. The van der Waals surface area contributed by atoms with Gasteiger partial charge in [0.1, 0.15) is 5.82 Å². The number of hydrogen-bond acceptors (Lipinski definition) is 3. The number of nitrogens with zero attached hydrogens (tertiary/aromatic N) is 3. The van der Waals surface area contributed by atoms with E-state index < -0.39 is 0 Å². The summed E-state index contributed by atoms with van der Waals surface area (Å²) < 4.78 is 2.09. The SMILES string of the molecule is Nc1ccc(-n2cncc2C2CC2)cn1. The van der Waals surface area contributed by atoms with Crippen molar-refractivity contribution in [2.75, 3.05) is 5.73 Å². The maximum absolute atomic E-state index is 5.55. The second-order valence-electron chi connectivity index (χ2n) is 3.90. The molecule has 1 aliphatic carbocycles. The summed E-state index contributed by atoms with van der Waals surface area (Å²) in [5.74, 6) is 1.23. The topological polar surface area (TPSA) is 56.7 Å². The number of aromatic nitrogens is 3. The third-order valence-electron chi connectivity index (χ3n) is 2.71. The van der Waals surface area contributed by atoms with Gasteiger partial charge in [0, 0.05) is 17.8 Å². The van der Waals surface area contributed by atoms with Gasteiger partial charge in [-0.2, -0.15) is 0 Å². The number of nitrogen functional groups attached to an aromatic ring is 1. The Labute approximate surface area is 87.8 Å². The Bertz CT molecular complexity index is 468. The van der Waals surface area contributed by atoms with Crippen molar-refractivity contribution in [1.29, 1.82) is 0 Å². The Kier molecular flexibility index (Phi) is 1.74. The van der Waals surface area contributed by atoms with E-state index >= 15 is 0 Å². The molecule has 2 aromatic heterocycles.